The van der Waals surface area contributed by atoms with Gasteiger partial charge in [0.2, 0.25) is 0 Å². The fourth-order valence-electron chi connectivity index (χ4n) is 4.63. The summed E-state index contributed by atoms with van der Waals surface area (Å²) in [7, 11) is 0. The molecular formula is C24H33Cl2F3N6S. The lowest BCUT2D eigenvalue weighted by atomic mass is 10.0. The van der Waals surface area contributed by atoms with Gasteiger partial charge >= 0.3 is 6.18 Å². The van der Waals surface area contributed by atoms with E-state index in [2.05, 4.69) is 33.9 Å². The number of nitrogens with zero attached hydrogens (tertiary/aromatic N) is 6. The minimum Gasteiger partial charge on any atom is -0.368 e. The predicted octanol–water partition coefficient (Wildman–Crippen LogP) is 4.77. The van der Waals surface area contributed by atoms with E-state index < -0.39 is 11.7 Å². The van der Waals surface area contributed by atoms with E-state index in [0.717, 1.165) is 69.1 Å². The molecule has 1 aromatic carbocycles. The summed E-state index contributed by atoms with van der Waals surface area (Å²) in [6.45, 7) is 12.2. The molecular weight excluding hydrogens is 532 g/mol. The largest absolute Gasteiger partial charge is 0.417 e. The van der Waals surface area contributed by atoms with Gasteiger partial charge in [-0.2, -0.15) is 18.4 Å². The molecule has 0 saturated carbocycles. The van der Waals surface area contributed by atoms with E-state index in [4.69, 9.17) is 4.98 Å². The van der Waals surface area contributed by atoms with Gasteiger partial charge in [0.05, 0.1) is 22.5 Å². The number of anilines is 2. The van der Waals surface area contributed by atoms with Gasteiger partial charge in [-0.25, -0.2) is 4.98 Å². The standard InChI is InChI=1S/C24H31F3N6S.2ClH/c1-18(2)31-12-14-33(15-13-31)23-29-19(17-34-23)6-7-30-8-10-32(11-9-30)22-5-3-4-21(20(22)16-28)24(25,26)27;;/h3-5,17-18H,6-15H2,1-2H3;2*1H. The minimum atomic E-state index is -4.53. The lowest BCUT2D eigenvalue weighted by Gasteiger charge is -2.37. The van der Waals surface area contributed by atoms with Crippen molar-refractivity contribution in [3.8, 4) is 6.07 Å². The molecule has 0 amide bonds. The Balaban J connectivity index is 0.00000228. The highest BCUT2D eigenvalue weighted by Crippen LogP contribution is 2.36. The summed E-state index contributed by atoms with van der Waals surface area (Å²) in [5.74, 6) is 0. The van der Waals surface area contributed by atoms with E-state index in [1.807, 2.05) is 4.90 Å². The smallest absolute Gasteiger partial charge is 0.368 e. The van der Waals surface area contributed by atoms with E-state index in [1.54, 1.807) is 23.5 Å². The molecule has 0 atom stereocenters. The molecule has 2 fully saturated rings. The first kappa shape index (κ1) is 30.5. The summed E-state index contributed by atoms with van der Waals surface area (Å²) in [6, 6.07) is 6.32. The number of hydrogen-bond acceptors (Lipinski definition) is 7. The Bertz CT molecular complexity index is 1010. The zero-order chi connectivity index (χ0) is 24.3. The van der Waals surface area contributed by atoms with Crippen LogP contribution in [0.25, 0.3) is 0 Å². The van der Waals surface area contributed by atoms with Crippen LogP contribution in [-0.4, -0.2) is 79.7 Å². The number of rotatable bonds is 6. The Labute approximate surface area is 227 Å². The van der Waals surface area contributed by atoms with E-state index in [1.165, 1.54) is 6.07 Å². The number of aromatic nitrogens is 1. The quantitative estimate of drug-likeness (QED) is 0.503. The highest BCUT2D eigenvalue weighted by molar-refractivity contribution is 7.13. The molecule has 200 valence electrons. The van der Waals surface area contributed by atoms with E-state index in [0.29, 0.717) is 24.8 Å². The van der Waals surface area contributed by atoms with Gasteiger partial charge in [-0.3, -0.25) is 9.80 Å². The molecule has 0 unspecified atom stereocenters. The molecule has 36 heavy (non-hydrogen) atoms. The van der Waals surface area contributed by atoms with Crippen molar-refractivity contribution < 1.29 is 13.2 Å². The number of alkyl halides is 3. The predicted molar refractivity (Wildman–Crippen MR) is 144 cm³/mol. The average molecular weight is 566 g/mol. The van der Waals surface area contributed by atoms with Crippen molar-refractivity contribution in [3.63, 3.8) is 0 Å². The molecule has 2 saturated heterocycles. The Morgan fingerprint density at radius 2 is 1.64 bits per heavy atom. The second-order valence-corrected chi connectivity index (χ2v) is 9.96. The van der Waals surface area contributed by atoms with Crippen LogP contribution in [0.1, 0.15) is 30.7 Å². The normalized spacial score (nSPS) is 17.5. The second kappa shape index (κ2) is 13.2. The Kier molecular flexibility index (Phi) is 11.1. The highest BCUT2D eigenvalue weighted by Gasteiger charge is 2.35. The monoisotopic (exact) mass is 564 g/mol. The number of hydrogen-bond donors (Lipinski definition) is 0. The van der Waals surface area contributed by atoms with Crippen LogP contribution in [0.4, 0.5) is 24.0 Å². The van der Waals surface area contributed by atoms with Crippen LogP contribution in [0.15, 0.2) is 23.6 Å². The van der Waals surface area contributed by atoms with Crippen molar-refractivity contribution in [1.82, 2.24) is 14.8 Å². The first-order valence-corrected chi connectivity index (χ1v) is 12.6. The molecule has 2 aromatic rings. The third-order valence-electron chi connectivity index (χ3n) is 6.71. The van der Waals surface area contributed by atoms with Gasteiger partial charge in [0.1, 0.15) is 6.07 Å². The van der Waals surface area contributed by atoms with Gasteiger partial charge in [0, 0.05) is 76.7 Å². The fourth-order valence-corrected chi connectivity index (χ4v) is 5.54. The van der Waals surface area contributed by atoms with Crippen molar-refractivity contribution in [3.05, 3.63) is 40.4 Å². The third-order valence-corrected chi connectivity index (χ3v) is 7.66. The summed E-state index contributed by atoms with van der Waals surface area (Å²) in [6.07, 6.45) is -3.67. The summed E-state index contributed by atoms with van der Waals surface area (Å²) in [5.41, 5.74) is 0.324. The number of nitriles is 1. The molecule has 3 heterocycles. The molecule has 12 heteroatoms. The van der Waals surface area contributed by atoms with Gasteiger partial charge in [-0.15, -0.1) is 36.2 Å². The molecule has 4 rings (SSSR count). The summed E-state index contributed by atoms with van der Waals surface area (Å²) >= 11 is 1.70. The topological polar surface area (TPSA) is 49.6 Å². The third kappa shape index (κ3) is 7.17. The van der Waals surface area contributed by atoms with Crippen LogP contribution in [0.2, 0.25) is 0 Å². The van der Waals surface area contributed by atoms with Gasteiger partial charge in [-0.05, 0) is 26.0 Å². The van der Waals surface area contributed by atoms with E-state index in [9.17, 15) is 18.4 Å². The molecule has 0 bridgehead atoms. The van der Waals surface area contributed by atoms with Crippen LogP contribution in [0.3, 0.4) is 0 Å². The van der Waals surface area contributed by atoms with Crippen molar-refractivity contribution in [1.29, 1.82) is 5.26 Å². The van der Waals surface area contributed by atoms with Crippen molar-refractivity contribution >= 4 is 47.0 Å². The Hall–Kier alpha value is -1.77. The maximum atomic E-state index is 13.3. The van der Waals surface area contributed by atoms with Crippen LogP contribution in [0.5, 0.6) is 0 Å². The molecule has 1 aromatic heterocycles. The molecule has 0 N–H and O–H groups in total. The number of benzene rings is 1. The lowest BCUT2D eigenvalue weighted by molar-refractivity contribution is -0.137. The molecule has 6 nitrogen and oxygen atoms in total. The molecule has 2 aliphatic heterocycles. The van der Waals surface area contributed by atoms with Crippen molar-refractivity contribution in [2.24, 2.45) is 0 Å². The van der Waals surface area contributed by atoms with Crippen LogP contribution in [0, 0.1) is 11.3 Å². The first-order valence-electron chi connectivity index (χ1n) is 11.8. The summed E-state index contributed by atoms with van der Waals surface area (Å²) < 4.78 is 39.9. The molecule has 0 radical (unpaired) electrons. The van der Waals surface area contributed by atoms with Crippen molar-refractivity contribution in [2.75, 3.05) is 68.7 Å². The van der Waals surface area contributed by atoms with Gasteiger partial charge in [0.15, 0.2) is 5.13 Å². The Morgan fingerprint density at radius 1 is 1.00 bits per heavy atom. The SMILES string of the molecule is CC(C)N1CCN(c2nc(CCN3CCN(c4cccc(C(F)(F)F)c4C#N)CC3)cs2)CC1.Cl.Cl. The zero-order valence-electron chi connectivity index (χ0n) is 20.5. The maximum Gasteiger partial charge on any atom is 0.417 e. The first-order chi connectivity index (χ1) is 16.3. The van der Waals surface area contributed by atoms with Gasteiger partial charge in [-0.1, -0.05) is 6.07 Å². The summed E-state index contributed by atoms with van der Waals surface area (Å²) in [5, 5.41) is 12.6. The zero-order valence-corrected chi connectivity index (χ0v) is 22.9. The van der Waals surface area contributed by atoms with Gasteiger partial charge < -0.3 is 9.80 Å². The van der Waals surface area contributed by atoms with E-state index >= 15 is 0 Å². The number of piperazine rings is 2. The average Bonchev–Trinajstić information content (AvgIpc) is 3.31. The molecule has 0 aliphatic carbocycles. The summed E-state index contributed by atoms with van der Waals surface area (Å²) in [4.78, 5) is 13.9. The fraction of sp³-hybridized carbons (Fsp3) is 0.583. The minimum absolute atomic E-state index is 0. The van der Waals surface area contributed by atoms with E-state index in [-0.39, 0.29) is 30.4 Å². The highest BCUT2D eigenvalue weighted by atomic mass is 35.5. The maximum absolute atomic E-state index is 13.3. The molecule has 0 spiro atoms. The van der Waals surface area contributed by atoms with Crippen LogP contribution in [-0.2, 0) is 12.6 Å². The van der Waals surface area contributed by atoms with Crippen LogP contribution < -0.4 is 9.80 Å². The molecule has 2 aliphatic rings. The number of halogens is 5. The number of thiazole rings is 1. The van der Waals surface area contributed by atoms with Crippen molar-refractivity contribution in [2.45, 2.75) is 32.5 Å². The Morgan fingerprint density at radius 3 is 2.22 bits per heavy atom. The van der Waals surface area contributed by atoms with Gasteiger partial charge in [0.25, 0.3) is 0 Å². The van der Waals surface area contributed by atoms with Crippen LogP contribution >= 0.6 is 36.2 Å². The second-order valence-electron chi connectivity index (χ2n) is 9.13. The lowest BCUT2D eigenvalue weighted by Crippen LogP contribution is -2.48.